The maximum absolute atomic E-state index is 12.8. The second-order valence-electron chi connectivity index (χ2n) is 8.20. The van der Waals surface area contributed by atoms with Gasteiger partial charge in [0.05, 0.1) is 12.0 Å². The monoisotopic (exact) mass is 405 g/mol. The predicted octanol–water partition coefficient (Wildman–Crippen LogP) is 2.48. The number of piperazine rings is 1. The Morgan fingerprint density at radius 1 is 1.25 bits per heavy atom. The highest BCUT2D eigenvalue weighted by Crippen LogP contribution is 2.39. The van der Waals surface area contributed by atoms with Crippen molar-refractivity contribution in [3.05, 3.63) is 22.4 Å². The van der Waals surface area contributed by atoms with Gasteiger partial charge in [0.2, 0.25) is 5.91 Å². The van der Waals surface area contributed by atoms with Crippen LogP contribution in [0.3, 0.4) is 0 Å². The van der Waals surface area contributed by atoms with Crippen LogP contribution in [0, 0.1) is 5.41 Å². The van der Waals surface area contributed by atoms with E-state index in [1.807, 2.05) is 25.4 Å². The molecule has 7 heteroatoms. The zero-order valence-corrected chi connectivity index (χ0v) is 18.4. The van der Waals surface area contributed by atoms with Gasteiger partial charge in [-0.25, -0.2) is 0 Å². The third-order valence-corrected chi connectivity index (χ3v) is 6.78. The first kappa shape index (κ1) is 21.1. The predicted molar refractivity (Wildman–Crippen MR) is 117 cm³/mol. The molecule has 1 amide bonds. The summed E-state index contributed by atoms with van der Waals surface area (Å²) < 4.78 is 0. The molecule has 0 spiro atoms. The highest BCUT2D eigenvalue weighted by molar-refractivity contribution is 7.09. The van der Waals surface area contributed by atoms with Crippen LogP contribution in [0.5, 0.6) is 0 Å². The molecule has 1 saturated heterocycles. The maximum Gasteiger partial charge on any atom is 0.230 e. The quantitative estimate of drug-likeness (QED) is 0.584. The van der Waals surface area contributed by atoms with Crippen LogP contribution in [0.25, 0.3) is 0 Å². The highest BCUT2D eigenvalue weighted by Gasteiger charge is 2.42. The number of aliphatic imine (C=N–C) groups is 1. The summed E-state index contributed by atoms with van der Waals surface area (Å²) in [7, 11) is 3.73. The van der Waals surface area contributed by atoms with Crippen LogP contribution in [-0.4, -0.2) is 79.9 Å². The van der Waals surface area contributed by atoms with Crippen molar-refractivity contribution >= 4 is 23.2 Å². The van der Waals surface area contributed by atoms with Crippen molar-refractivity contribution in [2.75, 3.05) is 53.4 Å². The average molecular weight is 406 g/mol. The molecule has 0 bridgehead atoms. The van der Waals surface area contributed by atoms with Crippen LogP contribution in [0.15, 0.2) is 22.5 Å². The van der Waals surface area contributed by atoms with Crippen molar-refractivity contribution in [2.24, 2.45) is 10.4 Å². The van der Waals surface area contributed by atoms with Gasteiger partial charge in [0, 0.05) is 58.2 Å². The number of nitrogens with one attached hydrogen (secondary N) is 1. The fourth-order valence-corrected chi connectivity index (χ4v) is 5.10. The van der Waals surface area contributed by atoms with Gasteiger partial charge in [0.15, 0.2) is 5.96 Å². The smallest absolute Gasteiger partial charge is 0.230 e. The first-order valence-electron chi connectivity index (χ1n) is 10.5. The molecule has 0 atom stereocenters. The van der Waals surface area contributed by atoms with Crippen LogP contribution < -0.4 is 5.32 Å². The van der Waals surface area contributed by atoms with E-state index in [0.717, 1.165) is 70.9 Å². The Morgan fingerprint density at radius 3 is 2.54 bits per heavy atom. The van der Waals surface area contributed by atoms with Crippen molar-refractivity contribution < 1.29 is 4.79 Å². The molecule has 1 saturated carbocycles. The molecule has 0 aromatic carbocycles. The maximum atomic E-state index is 12.8. The fourth-order valence-electron chi connectivity index (χ4n) is 4.36. The van der Waals surface area contributed by atoms with Crippen LogP contribution in [0.4, 0.5) is 0 Å². The Balaban J connectivity index is 1.62. The topological polar surface area (TPSA) is 51.2 Å². The normalized spacial score (nSPS) is 20.4. The average Bonchev–Trinajstić information content (AvgIpc) is 3.38. The van der Waals surface area contributed by atoms with E-state index in [9.17, 15) is 4.79 Å². The van der Waals surface area contributed by atoms with Gasteiger partial charge in [-0.1, -0.05) is 18.9 Å². The molecule has 1 aromatic rings. The standard InChI is InChI=1S/C21H35N5OS/c1-4-22-20(23-17-21(9-5-6-10-21)19(27)24(2)3)26-13-11-25(12-14-26)16-18-8-7-15-28-18/h7-8,15H,4-6,9-14,16-17H2,1-3H3,(H,22,23). The molecule has 0 radical (unpaired) electrons. The molecule has 1 aromatic heterocycles. The molecule has 2 heterocycles. The summed E-state index contributed by atoms with van der Waals surface area (Å²) >= 11 is 1.83. The molecule has 6 nitrogen and oxygen atoms in total. The summed E-state index contributed by atoms with van der Waals surface area (Å²) in [5, 5.41) is 5.60. The van der Waals surface area contributed by atoms with E-state index >= 15 is 0 Å². The van der Waals surface area contributed by atoms with Gasteiger partial charge in [0.1, 0.15) is 0 Å². The van der Waals surface area contributed by atoms with E-state index in [1.165, 1.54) is 4.88 Å². The van der Waals surface area contributed by atoms with Gasteiger partial charge in [-0.2, -0.15) is 0 Å². The molecular weight excluding hydrogens is 370 g/mol. The van der Waals surface area contributed by atoms with E-state index in [-0.39, 0.29) is 11.3 Å². The highest BCUT2D eigenvalue weighted by atomic mass is 32.1. The SMILES string of the molecule is CCNC(=NCC1(C(=O)N(C)C)CCCC1)N1CCN(Cc2cccs2)CC1. The lowest BCUT2D eigenvalue weighted by Crippen LogP contribution is -2.52. The summed E-state index contributed by atoms with van der Waals surface area (Å²) in [6.45, 7) is 8.65. The number of carbonyl (C=O) groups excluding carboxylic acids is 1. The molecular formula is C21H35N5OS. The number of guanidine groups is 1. The third-order valence-electron chi connectivity index (χ3n) is 5.92. The van der Waals surface area contributed by atoms with Gasteiger partial charge in [-0.3, -0.25) is 14.7 Å². The Hall–Kier alpha value is -1.60. The molecule has 1 aliphatic carbocycles. The van der Waals surface area contributed by atoms with Crippen LogP contribution in [0.1, 0.15) is 37.5 Å². The number of rotatable bonds is 6. The Morgan fingerprint density at radius 2 is 1.96 bits per heavy atom. The van der Waals surface area contributed by atoms with E-state index < -0.39 is 0 Å². The van der Waals surface area contributed by atoms with Crippen molar-refractivity contribution in [1.29, 1.82) is 0 Å². The fraction of sp³-hybridized carbons (Fsp3) is 0.714. The Bertz CT molecular complexity index is 644. The van der Waals surface area contributed by atoms with E-state index in [4.69, 9.17) is 4.99 Å². The summed E-state index contributed by atoms with van der Waals surface area (Å²) in [6, 6.07) is 4.34. The van der Waals surface area contributed by atoms with Gasteiger partial charge >= 0.3 is 0 Å². The lowest BCUT2D eigenvalue weighted by molar-refractivity contribution is -0.138. The largest absolute Gasteiger partial charge is 0.357 e. The van der Waals surface area contributed by atoms with Gasteiger partial charge in [0.25, 0.3) is 0 Å². The summed E-state index contributed by atoms with van der Waals surface area (Å²) in [5.41, 5.74) is -0.300. The minimum Gasteiger partial charge on any atom is -0.357 e. The second kappa shape index (κ2) is 9.74. The number of hydrogen-bond donors (Lipinski definition) is 1. The number of nitrogens with zero attached hydrogens (tertiary/aromatic N) is 4. The summed E-state index contributed by atoms with van der Waals surface area (Å²) in [4.78, 5) is 25.8. The Kier molecular flexibility index (Phi) is 7.35. The van der Waals surface area contributed by atoms with Gasteiger partial charge in [-0.05, 0) is 31.2 Å². The van der Waals surface area contributed by atoms with E-state index in [1.54, 1.807) is 4.90 Å². The Labute approximate surface area is 173 Å². The first-order chi connectivity index (χ1) is 13.5. The van der Waals surface area contributed by atoms with E-state index in [0.29, 0.717) is 6.54 Å². The number of hydrogen-bond acceptors (Lipinski definition) is 4. The number of amides is 1. The molecule has 1 N–H and O–H groups in total. The third kappa shape index (κ3) is 5.06. The summed E-state index contributed by atoms with van der Waals surface area (Å²) in [5.74, 6) is 1.21. The minimum absolute atomic E-state index is 0.241. The lowest BCUT2D eigenvalue weighted by Gasteiger charge is -2.37. The first-order valence-corrected chi connectivity index (χ1v) is 11.4. The van der Waals surface area contributed by atoms with Crippen molar-refractivity contribution in [3.63, 3.8) is 0 Å². The molecule has 28 heavy (non-hydrogen) atoms. The number of carbonyl (C=O) groups is 1. The molecule has 3 rings (SSSR count). The second-order valence-corrected chi connectivity index (χ2v) is 9.23. The molecule has 0 unspecified atom stereocenters. The summed E-state index contributed by atoms with van der Waals surface area (Å²) in [6.07, 6.45) is 4.18. The zero-order chi connectivity index (χ0) is 20.0. The van der Waals surface area contributed by atoms with Crippen LogP contribution >= 0.6 is 11.3 Å². The van der Waals surface area contributed by atoms with Gasteiger partial charge < -0.3 is 15.1 Å². The minimum atomic E-state index is -0.300. The van der Waals surface area contributed by atoms with Crippen molar-refractivity contribution in [3.8, 4) is 0 Å². The van der Waals surface area contributed by atoms with Crippen molar-refractivity contribution in [1.82, 2.24) is 20.0 Å². The zero-order valence-electron chi connectivity index (χ0n) is 17.6. The molecule has 2 aliphatic rings. The molecule has 1 aliphatic heterocycles. The lowest BCUT2D eigenvalue weighted by atomic mass is 9.85. The molecule has 156 valence electrons. The molecule has 2 fully saturated rings. The van der Waals surface area contributed by atoms with Crippen LogP contribution in [-0.2, 0) is 11.3 Å². The van der Waals surface area contributed by atoms with Gasteiger partial charge in [-0.15, -0.1) is 11.3 Å². The van der Waals surface area contributed by atoms with Crippen LogP contribution in [0.2, 0.25) is 0 Å². The van der Waals surface area contributed by atoms with Crippen molar-refractivity contribution in [2.45, 2.75) is 39.2 Å². The van der Waals surface area contributed by atoms with E-state index in [2.05, 4.69) is 39.6 Å². The number of thiophene rings is 1.